The first-order chi connectivity index (χ1) is 15.0. The van der Waals surface area contributed by atoms with Gasteiger partial charge in [-0.3, -0.25) is 9.59 Å². The smallest absolute Gasteiger partial charge is 0.315 e. The zero-order valence-corrected chi connectivity index (χ0v) is 17.5. The van der Waals surface area contributed by atoms with Gasteiger partial charge in [0.15, 0.2) is 0 Å². The maximum absolute atomic E-state index is 13.1. The fourth-order valence-corrected chi connectivity index (χ4v) is 4.47. The number of fused-ring (bicyclic) bond motifs is 3. The summed E-state index contributed by atoms with van der Waals surface area (Å²) in [5.74, 6) is -2.65. The molecule has 3 N–H and O–H groups in total. The Kier molecular flexibility index (Phi) is 6.07. The van der Waals surface area contributed by atoms with Crippen molar-refractivity contribution in [3.8, 4) is 11.1 Å². The minimum Gasteiger partial charge on any atom is -0.481 e. The second kappa shape index (κ2) is 8.92. The minimum atomic E-state index is -1.08. The number of hydrogen-bond donors (Lipinski definition) is 2. The molecule has 0 heterocycles. The number of carboxylic acids is 1. The van der Waals surface area contributed by atoms with Crippen LogP contribution in [0.15, 0.2) is 72.8 Å². The second-order valence-electron chi connectivity index (χ2n) is 7.65. The zero-order chi connectivity index (χ0) is 22.0. The van der Waals surface area contributed by atoms with Gasteiger partial charge in [-0.2, -0.15) is 0 Å². The van der Waals surface area contributed by atoms with E-state index in [4.69, 9.17) is 22.1 Å². The molecule has 158 valence electrons. The molecule has 0 bridgehead atoms. The average Bonchev–Trinajstić information content (AvgIpc) is 3.06. The molecule has 2 atom stereocenters. The highest BCUT2D eigenvalue weighted by Gasteiger charge is 2.33. The van der Waals surface area contributed by atoms with Gasteiger partial charge < -0.3 is 15.6 Å². The van der Waals surface area contributed by atoms with E-state index in [9.17, 15) is 14.7 Å². The Morgan fingerprint density at radius 2 is 1.58 bits per heavy atom. The summed E-state index contributed by atoms with van der Waals surface area (Å²) in [4.78, 5) is 24.3. The largest absolute Gasteiger partial charge is 0.481 e. The summed E-state index contributed by atoms with van der Waals surface area (Å²) in [6.07, 6.45) is -0.360. The lowest BCUT2D eigenvalue weighted by molar-refractivity contribution is -0.146. The number of hydrogen-bond acceptors (Lipinski definition) is 4. The van der Waals surface area contributed by atoms with Crippen LogP contribution >= 0.6 is 11.6 Å². The highest BCUT2D eigenvalue weighted by Crippen LogP contribution is 2.44. The van der Waals surface area contributed by atoms with E-state index in [1.807, 2.05) is 36.4 Å². The van der Waals surface area contributed by atoms with E-state index in [-0.39, 0.29) is 18.9 Å². The third kappa shape index (κ3) is 4.33. The van der Waals surface area contributed by atoms with Crippen LogP contribution in [-0.2, 0) is 14.3 Å². The Morgan fingerprint density at radius 1 is 0.968 bits per heavy atom. The van der Waals surface area contributed by atoms with E-state index >= 15 is 0 Å². The third-order valence-electron chi connectivity index (χ3n) is 5.66. The molecule has 0 saturated heterocycles. The van der Waals surface area contributed by atoms with Gasteiger partial charge in [0.05, 0.1) is 12.3 Å². The molecule has 3 aromatic carbocycles. The Balaban J connectivity index is 1.59. The Labute approximate surface area is 185 Å². The molecule has 0 spiro atoms. The molecular weight excluding hydrogens is 414 g/mol. The van der Waals surface area contributed by atoms with Gasteiger partial charge >= 0.3 is 11.9 Å². The van der Waals surface area contributed by atoms with E-state index < -0.39 is 23.9 Å². The molecule has 0 unspecified atom stereocenters. The molecule has 3 aromatic rings. The molecule has 1 aliphatic carbocycles. The van der Waals surface area contributed by atoms with Crippen molar-refractivity contribution >= 4 is 23.5 Å². The lowest BCUT2D eigenvalue weighted by atomic mass is 9.90. The number of halogens is 1. The van der Waals surface area contributed by atoms with Crippen molar-refractivity contribution in [2.45, 2.75) is 24.3 Å². The molecule has 31 heavy (non-hydrogen) atoms. The van der Waals surface area contributed by atoms with Crippen molar-refractivity contribution in [1.29, 1.82) is 0 Å². The van der Waals surface area contributed by atoms with E-state index in [0.717, 1.165) is 22.3 Å². The second-order valence-corrected chi connectivity index (χ2v) is 8.09. The summed E-state index contributed by atoms with van der Waals surface area (Å²) in [6.45, 7) is 0.143. The zero-order valence-electron chi connectivity index (χ0n) is 16.7. The molecular formula is C25H22ClNO4. The predicted molar refractivity (Wildman–Crippen MR) is 119 cm³/mol. The standard InChI is InChI=1S/C25H22ClNO4/c26-16-7-5-6-15(12-16)24(22(27)13-23(28)29)25(30)31-14-21-19-10-3-1-8-17(19)18-9-2-4-11-20(18)21/h1-12,21-22,24H,13-14,27H2,(H,28,29)/t22-,24+/m0/s1. The van der Waals surface area contributed by atoms with Crippen molar-refractivity contribution in [2.75, 3.05) is 6.61 Å². The van der Waals surface area contributed by atoms with Gasteiger partial charge in [-0.15, -0.1) is 0 Å². The summed E-state index contributed by atoms with van der Waals surface area (Å²) >= 11 is 6.09. The lowest BCUT2D eigenvalue weighted by Gasteiger charge is -2.23. The minimum absolute atomic E-state index is 0.0907. The summed E-state index contributed by atoms with van der Waals surface area (Å²) < 4.78 is 5.74. The van der Waals surface area contributed by atoms with Gasteiger partial charge in [0, 0.05) is 17.0 Å². The van der Waals surface area contributed by atoms with Crippen LogP contribution in [0.4, 0.5) is 0 Å². The molecule has 1 aliphatic rings. The number of benzene rings is 3. The third-order valence-corrected chi connectivity index (χ3v) is 5.89. The van der Waals surface area contributed by atoms with Crippen LogP contribution in [-0.4, -0.2) is 29.7 Å². The fraction of sp³-hybridized carbons (Fsp3) is 0.200. The normalized spacial score (nSPS) is 14.4. The van der Waals surface area contributed by atoms with Gasteiger partial charge in [-0.05, 0) is 39.9 Å². The fourth-order valence-electron chi connectivity index (χ4n) is 4.27. The summed E-state index contributed by atoms with van der Waals surface area (Å²) in [7, 11) is 0. The summed E-state index contributed by atoms with van der Waals surface area (Å²) in [5, 5.41) is 9.62. The molecule has 5 nitrogen and oxygen atoms in total. The highest BCUT2D eigenvalue weighted by atomic mass is 35.5. The summed E-state index contributed by atoms with van der Waals surface area (Å²) in [5.41, 5.74) is 11.1. The molecule has 0 radical (unpaired) electrons. The number of carboxylic acid groups (broad SMARTS) is 1. The predicted octanol–water partition coefficient (Wildman–Crippen LogP) is 4.58. The number of esters is 1. The number of nitrogens with two attached hydrogens (primary N) is 1. The molecule has 6 heteroatoms. The van der Waals surface area contributed by atoms with E-state index in [1.165, 1.54) is 0 Å². The van der Waals surface area contributed by atoms with Crippen LogP contribution in [0.25, 0.3) is 11.1 Å². The number of aliphatic carboxylic acids is 1. The van der Waals surface area contributed by atoms with Gasteiger partial charge in [0.25, 0.3) is 0 Å². The topological polar surface area (TPSA) is 89.6 Å². The molecule has 0 amide bonds. The number of carbonyl (C=O) groups excluding carboxylic acids is 1. The Morgan fingerprint density at radius 3 is 2.16 bits per heavy atom. The van der Waals surface area contributed by atoms with Crippen LogP contribution in [0, 0.1) is 0 Å². The maximum Gasteiger partial charge on any atom is 0.315 e. The number of rotatable bonds is 7. The van der Waals surface area contributed by atoms with Crippen molar-refractivity contribution in [3.63, 3.8) is 0 Å². The average molecular weight is 436 g/mol. The molecule has 0 saturated carbocycles. The quantitative estimate of drug-likeness (QED) is 0.530. The molecule has 0 fully saturated rings. The number of ether oxygens (including phenoxy) is 1. The first-order valence-electron chi connectivity index (χ1n) is 10.0. The van der Waals surface area contributed by atoms with Gasteiger partial charge in [-0.25, -0.2) is 0 Å². The van der Waals surface area contributed by atoms with Gasteiger partial charge in [-0.1, -0.05) is 72.3 Å². The maximum atomic E-state index is 13.1. The van der Waals surface area contributed by atoms with Crippen LogP contribution in [0.1, 0.15) is 34.9 Å². The molecule has 0 aromatic heterocycles. The first kappa shape index (κ1) is 21.1. The van der Waals surface area contributed by atoms with Crippen LogP contribution in [0.5, 0.6) is 0 Å². The molecule has 4 rings (SSSR count). The number of carbonyl (C=O) groups is 2. The highest BCUT2D eigenvalue weighted by molar-refractivity contribution is 6.30. The van der Waals surface area contributed by atoms with Crippen LogP contribution < -0.4 is 5.73 Å². The van der Waals surface area contributed by atoms with E-state index in [2.05, 4.69) is 12.1 Å². The monoisotopic (exact) mass is 435 g/mol. The first-order valence-corrected chi connectivity index (χ1v) is 10.4. The Hall–Kier alpha value is -3.15. The SMILES string of the molecule is N[C@@H](CC(=O)O)[C@H](C(=O)OCC1c2ccccc2-c2ccccc21)c1cccc(Cl)c1. The van der Waals surface area contributed by atoms with Crippen LogP contribution in [0.2, 0.25) is 5.02 Å². The van der Waals surface area contributed by atoms with Gasteiger partial charge in [0.1, 0.15) is 6.61 Å². The van der Waals surface area contributed by atoms with Crippen molar-refractivity contribution in [2.24, 2.45) is 5.73 Å². The Bertz CT molecular complexity index is 1080. The van der Waals surface area contributed by atoms with Crippen molar-refractivity contribution in [1.82, 2.24) is 0 Å². The molecule has 0 aliphatic heterocycles. The summed E-state index contributed by atoms with van der Waals surface area (Å²) in [6, 6.07) is 21.9. The van der Waals surface area contributed by atoms with Crippen molar-refractivity contribution in [3.05, 3.63) is 94.5 Å². The van der Waals surface area contributed by atoms with E-state index in [1.54, 1.807) is 24.3 Å². The lowest BCUT2D eigenvalue weighted by Crippen LogP contribution is -2.37. The van der Waals surface area contributed by atoms with E-state index in [0.29, 0.717) is 10.6 Å². The van der Waals surface area contributed by atoms with Crippen molar-refractivity contribution < 1.29 is 19.4 Å². The van der Waals surface area contributed by atoms with Crippen LogP contribution in [0.3, 0.4) is 0 Å². The van der Waals surface area contributed by atoms with Gasteiger partial charge in [0.2, 0.25) is 0 Å².